The molecule has 1 rings (SSSR count). The third kappa shape index (κ3) is 7.95. The Labute approximate surface area is 174 Å². The number of nitrogens with two attached hydrogens (primary N) is 3. The Hall–Kier alpha value is -2.73. The Morgan fingerprint density at radius 3 is 2.30 bits per heavy atom. The number of amides is 4. The maximum Gasteiger partial charge on any atom is 0.326 e. The summed E-state index contributed by atoms with van der Waals surface area (Å²) in [5.74, 6) is -3.51. The first-order valence-electron chi connectivity index (χ1n) is 10.0. The summed E-state index contributed by atoms with van der Waals surface area (Å²) in [6.45, 7) is 0.339. The largest absolute Gasteiger partial charge is 0.480 e. The zero-order valence-corrected chi connectivity index (χ0v) is 17.0. The number of nitrogens with zero attached hydrogens (tertiary/aromatic N) is 1. The number of primary amides is 1. The molecule has 1 fully saturated rings. The van der Waals surface area contributed by atoms with Crippen molar-refractivity contribution in [2.45, 2.75) is 63.1 Å². The van der Waals surface area contributed by atoms with Crippen LogP contribution in [0.3, 0.4) is 0 Å². The predicted molar refractivity (Wildman–Crippen MR) is 107 cm³/mol. The van der Waals surface area contributed by atoms with E-state index in [1.54, 1.807) is 0 Å². The lowest BCUT2D eigenvalue weighted by atomic mass is 10.0. The fourth-order valence-electron chi connectivity index (χ4n) is 3.32. The van der Waals surface area contributed by atoms with Crippen molar-refractivity contribution in [2.24, 2.45) is 17.2 Å². The van der Waals surface area contributed by atoms with E-state index < -0.39 is 47.7 Å². The quantitative estimate of drug-likeness (QED) is 0.171. The number of nitrogens with one attached hydrogen (secondary N) is 2. The number of carboxylic acid groups (broad SMARTS) is 1. The van der Waals surface area contributed by atoms with Gasteiger partial charge >= 0.3 is 5.97 Å². The van der Waals surface area contributed by atoms with Crippen LogP contribution in [-0.4, -0.2) is 77.4 Å². The molecule has 0 aromatic heterocycles. The van der Waals surface area contributed by atoms with Crippen LogP contribution in [0.5, 0.6) is 0 Å². The number of likely N-dealkylation sites (tertiary alicyclic amines) is 1. The second kappa shape index (κ2) is 12.8. The van der Waals surface area contributed by atoms with Gasteiger partial charge in [0, 0.05) is 13.0 Å². The minimum atomic E-state index is -1.10. The molecule has 0 unspecified atom stereocenters. The Bertz CT molecular complexity index is 643. The van der Waals surface area contributed by atoms with E-state index in [-0.39, 0.29) is 32.4 Å². The Morgan fingerprint density at radius 1 is 1.03 bits per heavy atom. The third-order valence-corrected chi connectivity index (χ3v) is 4.90. The number of unbranched alkanes of at least 4 members (excludes halogenated alkanes) is 1. The van der Waals surface area contributed by atoms with Gasteiger partial charge in [-0.25, -0.2) is 4.79 Å². The lowest BCUT2D eigenvalue weighted by Gasteiger charge is -2.28. The number of carbonyl (C=O) groups is 5. The van der Waals surface area contributed by atoms with Gasteiger partial charge in [0.1, 0.15) is 18.1 Å². The van der Waals surface area contributed by atoms with E-state index in [4.69, 9.17) is 17.2 Å². The van der Waals surface area contributed by atoms with Gasteiger partial charge in [-0.2, -0.15) is 0 Å². The summed E-state index contributed by atoms with van der Waals surface area (Å²) in [5, 5.41) is 14.3. The molecule has 12 nitrogen and oxygen atoms in total. The molecule has 0 aromatic rings. The summed E-state index contributed by atoms with van der Waals surface area (Å²) in [6.07, 6.45) is 2.12. The zero-order valence-electron chi connectivity index (χ0n) is 17.0. The van der Waals surface area contributed by atoms with Gasteiger partial charge in [0.15, 0.2) is 0 Å². The highest BCUT2D eigenvalue weighted by Crippen LogP contribution is 2.20. The van der Waals surface area contributed by atoms with Crippen molar-refractivity contribution in [3.8, 4) is 0 Å². The minimum absolute atomic E-state index is 0.0575. The third-order valence-electron chi connectivity index (χ3n) is 4.90. The van der Waals surface area contributed by atoms with E-state index in [1.165, 1.54) is 4.90 Å². The molecule has 30 heavy (non-hydrogen) atoms. The first-order valence-corrected chi connectivity index (χ1v) is 10.0. The fraction of sp³-hybridized carbons (Fsp3) is 0.722. The average Bonchev–Trinajstić information content (AvgIpc) is 3.19. The van der Waals surface area contributed by atoms with Gasteiger partial charge in [0.25, 0.3) is 0 Å². The molecule has 0 saturated carbocycles. The zero-order chi connectivity index (χ0) is 22.7. The van der Waals surface area contributed by atoms with Crippen LogP contribution in [-0.2, 0) is 24.0 Å². The summed E-state index contributed by atoms with van der Waals surface area (Å²) >= 11 is 0. The van der Waals surface area contributed by atoms with Crippen molar-refractivity contribution in [3.05, 3.63) is 0 Å². The van der Waals surface area contributed by atoms with Crippen molar-refractivity contribution in [3.63, 3.8) is 0 Å². The van der Waals surface area contributed by atoms with Gasteiger partial charge in [-0.3, -0.25) is 19.2 Å². The van der Waals surface area contributed by atoms with Crippen LogP contribution >= 0.6 is 0 Å². The van der Waals surface area contributed by atoms with Crippen molar-refractivity contribution < 1.29 is 29.1 Å². The van der Waals surface area contributed by atoms with E-state index >= 15 is 0 Å². The number of rotatable bonds is 13. The Balaban J connectivity index is 2.94. The Kier molecular flexibility index (Phi) is 10.8. The number of hydrogen-bond donors (Lipinski definition) is 6. The van der Waals surface area contributed by atoms with Crippen molar-refractivity contribution >= 4 is 29.6 Å². The lowest BCUT2D eigenvalue weighted by molar-refractivity contribution is -0.149. The molecule has 170 valence electrons. The van der Waals surface area contributed by atoms with Crippen LogP contribution < -0.4 is 27.8 Å². The van der Waals surface area contributed by atoms with Gasteiger partial charge in [0.05, 0.1) is 6.54 Å². The van der Waals surface area contributed by atoms with Crippen LogP contribution in [0.2, 0.25) is 0 Å². The molecular weight excluding hydrogens is 396 g/mol. The van der Waals surface area contributed by atoms with Crippen LogP contribution in [0.1, 0.15) is 44.9 Å². The molecule has 0 aromatic carbocycles. The van der Waals surface area contributed by atoms with Crippen LogP contribution in [0, 0.1) is 0 Å². The first-order chi connectivity index (χ1) is 14.2. The number of aliphatic carboxylic acids is 1. The Morgan fingerprint density at radius 2 is 1.73 bits per heavy atom. The smallest absolute Gasteiger partial charge is 0.326 e. The molecule has 0 spiro atoms. The summed E-state index contributed by atoms with van der Waals surface area (Å²) in [6, 6.07) is -3.02. The molecule has 1 saturated heterocycles. The SMILES string of the molecule is NCCCC[C@H](NC(=O)[C@H](CCC(N)=O)NC(=O)CN)C(=O)N1CCC[C@H]1C(=O)O. The predicted octanol–water partition coefficient (Wildman–Crippen LogP) is -2.62. The van der Waals surface area contributed by atoms with Gasteiger partial charge in [-0.1, -0.05) is 0 Å². The molecule has 1 heterocycles. The normalized spacial score (nSPS) is 17.8. The van der Waals surface area contributed by atoms with Crippen molar-refractivity contribution in [2.75, 3.05) is 19.6 Å². The molecule has 9 N–H and O–H groups in total. The standard InChI is InChI=1S/C18H32N6O6/c19-8-2-1-4-12(17(28)24-9-3-5-13(24)18(29)30)23-16(27)11(6-7-14(21)25)22-15(26)10-20/h11-13H,1-10,19-20H2,(H2,21,25)(H,22,26)(H,23,27)(H,29,30)/t11-,12-,13-/m0/s1. The molecule has 0 aliphatic carbocycles. The van der Waals surface area contributed by atoms with Gasteiger partial charge in [0.2, 0.25) is 23.6 Å². The maximum absolute atomic E-state index is 13.0. The van der Waals surface area contributed by atoms with Crippen LogP contribution in [0.4, 0.5) is 0 Å². The molecule has 0 radical (unpaired) electrons. The number of hydrogen-bond acceptors (Lipinski definition) is 7. The second-order valence-electron chi connectivity index (χ2n) is 7.20. The van der Waals surface area contributed by atoms with E-state index in [0.717, 1.165) is 0 Å². The van der Waals surface area contributed by atoms with E-state index in [9.17, 15) is 29.1 Å². The number of carbonyl (C=O) groups excluding carboxylic acids is 4. The fourth-order valence-corrected chi connectivity index (χ4v) is 3.32. The molecule has 1 aliphatic heterocycles. The highest BCUT2D eigenvalue weighted by atomic mass is 16.4. The van der Waals surface area contributed by atoms with E-state index in [2.05, 4.69) is 10.6 Å². The number of carboxylic acids is 1. The van der Waals surface area contributed by atoms with Crippen LogP contribution in [0.25, 0.3) is 0 Å². The van der Waals surface area contributed by atoms with Crippen molar-refractivity contribution in [1.82, 2.24) is 15.5 Å². The monoisotopic (exact) mass is 428 g/mol. The summed E-state index contributed by atoms with van der Waals surface area (Å²) in [5.41, 5.74) is 15.9. The molecule has 0 bridgehead atoms. The highest BCUT2D eigenvalue weighted by molar-refractivity contribution is 5.94. The summed E-state index contributed by atoms with van der Waals surface area (Å²) < 4.78 is 0. The summed E-state index contributed by atoms with van der Waals surface area (Å²) in [4.78, 5) is 61.2. The highest BCUT2D eigenvalue weighted by Gasteiger charge is 2.38. The minimum Gasteiger partial charge on any atom is -0.480 e. The molecular formula is C18H32N6O6. The lowest BCUT2D eigenvalue weighted by Crippen LogP contribution is -2.56. The molecule has 1 aliphatic rings. The maximum atomic E-state index is 13.0. The molecule has 3 atom stereocenters. The van der Waals surface area contributed by atoms with E-state index in [1.807, 2.05) is 0 Å². The molecule has 12 heteroatoms. The second-order valence-corrected chi connectivity index (χ2v) is 7.20. The average molecular weight is 428 g/mol. The van der Waals surface area contributed by atoms with Crippen LogP contribution in [0.15, 0.2) is 0 Å². The summed E-state index contributed by atoms with van der Waals surface area (Å²) in [7, 11) is 0. The van der Waals surface area contributed by atoms with Gasteiger partial charge in [-0.15, -0.1) is 0 Å². The first kappa shape index (κ1) is 25.3. The molecule has 4 amide bonds. The van der Waals surface area contributed by atoms with E-state index in [0.29, 0.717) is 32.2 Å². The topological polar surface area (TPSA) is 211 Å². The van der Waals surface area contributed by atoms with Gasteiger partial charge in [-0.05, 0) is 45.1 Å². The van der Waals surface area contributed by atoms with Gasteiger partial charge < -0.3 is 37.8 Å². The van der Waals surface area contributed by atoms with Crippen molar-refractivity contribution in [1.29, 1.82) is 0 Å².